The molecule has 0 amide bonds. The van der Waals surface area contributed by atoms with E-state index >= 15 is 0 Å². The SMILES string of the molecule is Cn1cnc(S(=O)(=O)Nc2cccc(F)c2C(N)=NO)c1. The van der Waals surface area contributed by atoms with Crippen LogP contribution in [0.4, 0.5) is 10.1 Å². The Hall–Kier alpha value is -2.62. The predicted octanol–water partition coefficient (Wildman–Crippen LogP) is 0.454. The van der Waals surface area contributed by atoms with Crippen LogP contribution in [0.3, 0.4) is 0 Å². The smallest absolute Gasteiger partial charge is 0.280 e. The number of hydrogen-bond acceptors (Lipinski definition) is 5. The van der Waals surface area contributed by atoms with Crippen molar-refractivity contribution in [2.45, 2.75) is 5.03 Å². The van der Waals surface area contributed by atoms with Crippen molar-refractivity contribution < 1.29 is 18.0 Å². The Morgan fingerprint density at radius 3 is 2.81 bits per heavy atom. The number of sulfonamides is 1. The number of aryl methyl sites for hydroxylation is 1. The number of aromatic nitrogens is 2. The fourth-order valence-electron chi connectivity index (χ4n) is 1.64. The Morgan fingerprint density at radius 2 is 2.24 bits per heavy atom. The molecule has 0 fully saturated rings. The van der Waals surface area contributed by atoms with Gasteiger partial charge in [0, 0.05) is 13.2 Å². The second kappa shape index (κ2) is 5.40. The van der Waals surface area contributed by atoms with Crippen molar-refractivity contribution in [3.05, 3.63) is 42.1 Å². The van der Waals surface area contributed by atoms with Gasteiger partial charge in [-0.25, -0.2) is 9.37 Å². The molecule has 8 nitrogen and oxygen atoms in total. The lowest BCUT2D eigenvalue weighted by atomic mass is 10.1. The number of anilines is 1. The number of amidine groups is 1. The van der Waals surface area contributed by atoms with Crippen LogP contribution >= 0.6 is 0 Å². The lowest BCUT2D eigenvalue weighted by Crippen LogP contribution is -2.21. The lowest BCUT2D eigenvalue weighted by molar-refractivity contribution is 0.318. The van der Waals surface area contributed by atoms with Crippen LogP contribution in [0.15, 0.2) is 40.9 Å². The highest BCUT2D eigenvalue weighted by Crippen LogP contribution is 2.21. The van der Waals surface area contributed by atoms with Gasteiger partial charge in [-0.05, 0) is 12.1 Å². The highest BCUT2D eigenvalue weighted by Gasteiger charge is 2.21. The third-order valence-corrected chi connectivity index (χ3v) is 3.83. The Morgan fingerprint density at radius 1 is 1.52 bits per heavy atom. The zero-order valence-corrected chi connectivity index (χ0v) is 11.7. The van der Waals surface area contributed by atoms with Crippen LogP contribution in [0, 0.1) is 5.82 Å². The van der Waals surface area contributed by atoms with Gasteiger partial charge in [0.25, 0.3) is 10.0 Å². The lowest BCUT2D eigenvalue weighted by Gasteiger charge is -2.11. The van der Waals surface area contributed by atoms with E-state index in [4.69, 9.17) is 10.9 Å². The zero-order valence-electron chi connectivity index (χ0n) is 10.9. The maximum atomic E-state index is 13.7. The molecule has 2 aromatic rings. The first-order valence-electron chi connectivity index (χ1n) is 5.62. The van der Waals surface area contributed by atoms with E-state index in [1.807, 2.05) is 0 Å². The molecular formula is C11H12FN5O3S. The Balaban J connectivity index is 2.47. The van der Waals surface area contributed by atoms with Crippen molar-refractivity contribution in [1.82, 2.24) is 9.55 Å². The summed E-state index contributed by atoms with van der Waals surface area (Å²) in [6.07, 6.45) is 2.59. The second-order valence-corrected chi connectivity index (χ2v) is 5.76. The molecule has 1 heterocycles. The second-order valence-electron chi connectivity index (χ2n) is 4.13. The third kappa shape index (κ3) is 2.94. The van der Waals surface area contributed by atoms with Crippen LogP contribution in [-0.2, 0) is 17.1 Å². The number of oxime groups is 1. The molecule has 0 aliphatic rings. The standard InChI is InChI=1S/C11H12FN5O3S/c1-17-5-9(14-6-17)21(19,20)16-8-4-2-3-7(12)10(8)11(13)15-18/h2-6,16,18H,1H3,(H2,13,15). The minimum Gasteiger partial charge on any atom is -0.409 e. The molecule has 0 bridgehead atoms. The number of nitrogens with zero attached hydrogens (tertiary/aromatic N) is 3. The van der Waals surface area contributed by atoms with Gasteiger partial charge >= 0.3 is 0 Å². The van der Waals surface area contributed by atoms with Crippen LogP contribution < -0.4 is 10.5 Å². The molecule has 4 N–H and O–H groups in total. The average molecular weight is 313 g/mol. The molecule has 10 heteroatoms. The van der Waals surface area contributed by atoms with E-state index in [0.717, 1.165) is 6.07 Å². The maximum Gasteiger partial charge on any atom is 0.280 e. The quantitative estimate of drug-likeness (QED) is 0.327. The van der Waals surface area contributed by atoms with Crippen LogP contribution in [0.25, 0.3) is 0 Å². The molecule has 1 aromatic heterocycles. The van der Waals surface area contributed by atoms with Crippen molar-refractivity contribution in [2.75, 3.05) is 4.72 Å². The summed E-state index contributed by atoms with van der Waals surface area (Å²) < 4.78 is 41.6. The molecule has 1 aromatic carbocycles. The molecule has 0 aliphatic carbocycles. The highest BCUT2D eigenvalue weighted by atomic mass is 32.2. The van der Waals surface area contributed by atoms with Crippen LogP contribution in [0.2, 0.25) is 0 Å². The molecule has 21 heavy (non-hydrogen) atoms. The van der Waals surface area contributed by atoms with Gasteiger partial charge < -0.3 is 15.5 Å². The Kier molecular flexibility index (Phi) is 3.80. The van der Waals surface area contributed by atoms with E-state index in [0.29, 0.717) is 0 Å². The summed E-state index contributed by atoms with van der Waals surface area (Å²) in [6, 6.07) is 3.64. The summed E-state index contributed by atoms with van der Waals surface area (Å²) in [7, 11) is -2.41. The molecule has 112 valence electrons. The average Bonchev–Trinajstić information content (AvgIpc) is 2.85. The summed E-state index contributed by atoms with van der Waals surface area (Å²) in [5, 5.41) is 11.1. The van der Waals surface area contributed by atoms with Gasteiger partial charge in [-0.15, -0.1) is 0 Å². The number of benzene rings is 1. The van der Waals surface area contributed by atoms with Gasteiger partial charge in [-0.3, -0.25) is 4.72 Å². The molecule has 0 spiro atoms. The summed E-state index contributed by atoms with van der Waals surface area (Å²) in [5.74, 6) is -1.38. The first kappa shape index (κ1) is 14.8. The van der Waals surface area contributed by atoms with Crippen molar-refractivity contribution >= 4 is 21.5 Å². The topological polar surface area (TPSA) is 123 Å². The van der Waals surface area contributed by atoms with E-state index in [2.05, 4.69) is 14.9 Å². The molecule has 0 saturated heterocycles. The van der Waals surface area contributed by atoms with Gasteiger partial charge in [0.15, 0.2) is 10.9 Å². The van der Waals surface area contributed by atoms with E-state index in [1.54, 1.807) is 7.05 Å². The van der Waals surface area contributed by atoms with Gasteiger partial charge in [0.2, 0.25) is 0 Å². The summed E-state index contributed by atoms with van der Waals surface area (Å²) >= 11 is 0. The fourth-order valence-corrected chi connectivity index (χ4v) is 2.70. The van der Waals surface area contributed by atoms with E-state index in [-0.39, 0.29) is 16.3 Å². The van der Waals surface area contributed by atoms with Crippen LogP contribution in [-0.4, -0.2) is 29.0 Å². The van der Waals surface area contributed by atoms with Gasteiger partial charge in [-0.1, -0.05) is 11.2 Å². The Bertz CT molecular complexity index is 800. The van der Waals surface area contributed by atoms with E-state index < -0.39 is 21.7 Å². The number of rotatable bonds is 4. The minimum atomic E-state index is -4.01. The molecule has 0 saturated carbocycles. The van der Waals surface area contributed by atoms with Gasteiger partial charge in [0.05, 0.1) is 17.6 Å². The highest BCUT2D eigenvalue weighted by molar-refractivity contribution is 7.92. The number of imidazole rings is 1. The fraction of sp³-hybridized carbons (Fsp3) is 0.0909. The molecule has 0 unspecified atom stereocenters. The summed E-state index contributed by atoms with van der Waals surface area (Å²) in [5.41, 5.74) is 4.86. The predicted molar refractivity (Wildman–Crippen MR) is 72.9 cm³/mol. The molecule has 0 atom stereocenters. The number of hydrogen-bond donors (Lipinski definition) is 3. The molecular weight excluding hydrogens is 301 g/mol. The summed E-state index contributed by atoms with van der Waals surface area (Å²) in [6.45, 7) is 0. The number of nitrogens with one attached hydrogen (secondary N) is 1. The molecule has 0 radical (unpaired) electrons. The van der Waals surface area contributed by atoms with Gasteiger partial charge in [-0.2, -0.15) is 8.42 Å². The first-order valence-corrected chi connectivity index (χ1v) is 7.10. The van der Waals surface area contributed by atoms with Crippen LogP contribution in [0.5, 0.6) is 0 Å². The minimum absolute atomic E-state index is 0.157. The Labute approximate surface area is 119 Å². The van der Waals surface area contributed by atoms with E-state index in [1.165, 1.54) is 29.2 Å². The normalized spacial score (nSPS) is 12.4. The van der Waals surface area contributed by atoms with Crippen molar-refractivity contribution in [3.63, 3.8) is 0 Å². The number of halogens is 1. The van der Waals surface area contributed by atoms with Gasteiger partial charge in [0.1, 0.15) is 5.82 Å². The maximum absolute atomic E-state index is 13.7. The molecule has 0 aliphatic heterocycles. The van der Waals surface area contributed by atoms with E-state index in [9.17, 15) is 12.8 Å². The first-order chi connectivity index (χ1) is 9.85. The monoisotopic (exact) mass is 313 g/mol. The third-order valence-electron chi connectivity index (χ3n) is 2.58. The van der Waals surface area contributed by atoms with Crippen molar-refractivity contribution in [3.8, 4) is 0 Å². The number of nitrogens with two attached hydrogens (primary N) is 1. The largest absolute Gasteiger partial charge is 0.409 e. The van der Waals surface area contributed by atoms with Crippen LogP contribution in [0.1, 0.15) is 5.56 Å². The zero-order chi connectivity index (χ0) is 15.6. The summed E-state index contributed by atoms with van der Waals surface area (Å²) in [4.78, 5) is 3.71. The van der Waals surface area contributed by atoms with Crippen molar-refractivity contribution in [2.24, 2.45) is 17.9 Å². The molecule has 2 rings (SSSR count). The van der Waals surface area contributed by atoms with Crippen molar-refractivity contribution in [1.29, 1.82) is 0 Å².